The molecule has 0 aliphatic carbocycles. The minimum atomic E-state index is -0.321. The molecule has 0 bridgehead atoms. The van der Waals surface area contributed by atoms with E-state index in [1.807, 2.05) is 50.2 Å². The third-order valence-electron chi connectivity index (χ3n) is 5.87. The summed E-state index contributed by atoms with van der Waals surface area (Å²) in [5.74, 6) is 0.0473. The second-order valence-electron chi connectivity index (χ2n) is 8.48. The average molecular weight is 543 g/mol. The molecule has 0 fully saturated rings. The second-order valence-corrected chi connectivity index (χ2v) is 9.34. The van der Waals surface area contributed by atoms with Gasteiger partial charge in [0.1, 0.15) is 5.75 Å². The van der Waals surface area contributed by atoms with Crippen molar-refractivity contribution in [3.05, 3.63) is 123 Å². The Bertz CT molecular complexity index is 1390. The Morgan fingerprint density at radius 1 is 0.778 bits per heavy atom. The Morgan fingerprint density at radius 3 is 2.28 bits per heavy atom. The van der Waals surface area contributed by atoms with Crippen LogP contribution in [0.1, 0.15) is 37.4 Å². The van der Waals surface area contributed by atoms with Gasteiger partial charge in [0.15, 0.2) is 0 Å². The van der Waals surface area contributed by atoms with Crippen molar-refractivity contribution in [3.8, 4) is 5.75 Å². The molecule has 0 saturated heterocycles. The number of ether oxygens (including phenoxy) is 1. The van der Waals surface area contributed by atoms with Crippen LogP contribution >= 0.6 is 15.9 Å². The molecule has 0 aliphatic heterocycles. The first-order valence-corrected chi connectivity index (χ1v) is 12.5. The Hall–Kier alpha value is -3.90. The van der Waals surface area contributed by atoms with Crippen molar-refractivity contribution in [2.45, 2.75) is 20.3 Å². The van der Waals surface area contributed by atoms with Crippen molar-refractivity contribution in [2.75, 3.05) is 17.2 Å². The molecule has 4 aromatic carbocycles. The molecule has 5 nitrogen and oxygen atoms in total. The molecular weight excluding hydrogens is 516 g/mol. The van der Waals surface area contributed by atoms with E-state index in [0.717, 1.165) is 17.5 Å². The van der Waals surface area contributed by atoms with Crippen molar-refractivity contribution in [1.82, 2.24) is 0 Å². The van der Waals surface area contributed by atoms with Crippen LogP contribution in [0.4, 0.5) is 11.4 Å². The fraction of sp³-hybridized carbons (Fsp3) is 0.133. The first-order valence-electron chi connectivity index (χ1n) is 11.7. The van der Waals surface area contributed by atoms with E-state index in [0.29, 0.717) is 39.3 Å². The van der Waals surface area contributed by atoms with Crippen LogP contribution in [0.5, 0.6) is 5.75 Å². The van der Waals surface area contributed by atoms with Gasteiger partial charge < -0.3 is 15.4 Å². The largest absolute Gasteiger partial charge is 0.492 e. The number of rotatable bonds is 8. The molecule has 0 radical (unpaired) electrons. The van der Waals surface area contributed by atoms with Crippen LogP contribution < -0.4 is 15.4 Å². The molecule has 0 saturated carbocycles. The number of nitrogens with one attached hydrogen (secondary N) is 2. The number of carbonyl (C=O) groups is 2. The van der Waals surface area contributed by atoms with Crippen molar-refractivity contribution < 1.29 is 14.3 Å². The van der Waals surface area contributed by atoms with Crippen molar-refractivity contribution in [1.29, 1.82) is 0 Å². The SMILES string of the molecule is Cc1ccc(NC(=O)c2ccccc2NC(=O)c2ccc(OCCc3ccccc3)c(Br)c2)cc1C. The Balaban J connectivity index is 1.41. The summed E-state index contributed by atoms with van der Waals surface area (Å²) in [4.78, 5) is 26.0. The summed E-state index contributed by atoms with van der Waals surface area (Å²) in [5.41, 5.74) is 5.40. The van der Waals surface area contributed by atoms with Gasteiger partial charge >= 0.3 is 0 Å². The topological polar surface area (TPSA) is 67.4 Å². The summed E-state index contributed by atoms with van der Waals surface area (Å²) in [6, 6.07) is 28.0. The van der Waals surface area contributed by atoms with Crippen LogP contribution in [0.15, 0.2) is 95.5 Å². The monoisotopic (exact) mass is 542 g/mol. The maximum atomic E-state index is 13.0. The van der Waals surface area contributed by atoms with Gasteiger partial charge in [0.05, 0.1) is 22.3 Å². The lowest BCUT2D eigenvalue weighted by Crippen LogP contribution is -2.18. The van der Waals surface area contributed by atoms with E-state index in [-0.39, 0.29) is 11.8 Å². The zero-order chi connectivity index (χ0) is 25.5. The van der Waals surface area contributed by atoms with Gasteiger partial charge in [-0.2, -0.15) is 0 Å². The molecular formula is C30H27BrN2O3. The lowest BCUT2D eigenvalue weighted by atomic mass is 10.1. The van der Waals surface area contributed by atoms with E-state index in [2.05, 4.69) is 38.7 Å². The molecule has 0 spiro atoms. The maximum Gasteiger partial charge on any atom is 0.257 e. The van der Waals surface area contributed by atoms with Gasteiger partial charge in [0.2, 0.25) is 0 Å². The highest BCUT2D eigenvalue weighted by Crippen LogP contribution is 2.27. The lowest BCUT2D eigenvalue weighted by Gasteiger charge is -2.13. The predicted octanol–water partition coefficient (Wildman–Crippen LogP) is 7.19. The fourth-order valence-corrected chi connectivity index (χ4v) is 4.18. The van der Waals surface area contributed by atoms with Gasteiger partial charge in [-0.25, -0.2) is 0 Å². The quantitative estimate of drug-likeness (QED) is 0.247. The summed E-state index contributed by atoms with van der Waals surface area (Å²) in [7, 11) is 0. The third-order valence-corrected chi connectivity index (χ3v) is 6.49. The van der Waals surface area contributed by atoms with Gasteiger partial charge in [0, 0.05) is 17.7 Å². The van der Waals surface area contributed by atoms with Crippen LogP contribution in [0.2, 0.25) is 0 Å². The molecule has 0 atom stereocenters. The summed E-state index contributed by atoms with van der Waals surface area (Å²) >= 11 is 3.50. The predicted molar refractivity (Wildman–Crippen MR) is 148 cm³/mol. The van der Waals surface area contributed by atoms with Gasteiger partial charge in [-0.05, 0) is 88.9 Å². The smallest absolute Gasteiger partial charge is 0.257 e. The van der Waals surface area contributed by atoms with Crippen LogP contribution in [-0.4, -0.2) is 18.4 Å². The number of hydrogen-bond acceptors (Lipinski definition) is 3. The highest BCUT2D eigenvalue weighted by Gasteiger charge is 2.16. The number of amides is 2. The molecule has 36 heavy (non-hydrogen) atoms. The Kier molecular flexibility index (Phi) is 8.18. The van der Waals surface area contributed by atoms with Crippen LogP contribution in [0.25, 0.3) is 0 Å². The van der Waals surface area contributed by atoms with Crippen molar-refractivity contribution in [3.63, 3.8) is 0 Å². The number of para-hydroxylation sites is 1. The van der Waals surface area contributed by atoms with E-state index in [4.69, 9.17) is 4.74 Å². The van der Waals surface area contributed by atoms with Gasteiger partial charge in [-0.3, -0.25) is 9.59 Å². The van der Waals surface area contributed by atoms with Gasteiger partial charge in [-0.15, -0.1) is 0 Å². The highest BCUT2D eigenvalue weighted by atomic mass is 79.9. The summed E-state index contributed by atoms with van der Waals surface area (Å²) in [6.07, 6.45) is 0.788. The first-order chi connectivity index (χ1) is 17.4. The standard InChI is InChI=1S/C30H27BrN2O3/c1-20-12-14-24(18-21(20)2)32-30(35)25-10-6-7-11-27(25)33-29(34)23-13-15-28(26(31)19-23)36-17-16-22-8-4-3-5-9-22/h3-15,18-19H,16-17H2,1-2H3,(H,32,35)(H,33,34). The fourth-order valence-electron chi connectivity index (χ4n) is 3.68. The van der Waals surface area contributed by atoms with E-state index >= 15 is 0 Å². The zero-order valence-corrected chi connectivity index (χ0v) is 21.8. The van der Waals surface area contributed by atoms with E-state index < -0.39 is 0 Å². The van der Waals surface area contributed by atoms with E-state index in [1.54, 1.807) is 42.5 Å². The molecule has 4 rings (SSSR count). The van der Waals surface area contributed by atoms with Crippen LogP contribution in [0, 0.1) is 13.8 Å². The van der Waals surface area contributed by atoms with Gasteiger partial charge in [-0.1, -0.05) is 48.5 Å². The van der Waals surface area contributed by atoms with Gasteiger partial charge in [0.25, 0.3) is 11.8 Å². The number of benzene rings is 4. The van der Waals surface area contributed by atoms with Crippen LogP contribution in [0.3, 0.4) is 0 Å². The van der Waals surface area contributed by atoms with E-state index in [1.165, 1.54) is 5.56 Å². The molecule has 0 aromatic heterocycles. The molecule has 2 amide bonds. The van der Waals surface area contributed by atoms with Crippen LogP contribution in [-0.2, 0) is 6.42 Å². The first kappa shape index (κ1) is 25.2. The third kappa shape index (κ3) is 6.40. The number of halogens is 1. The molecule has 0 unspecified atom stereocenters. The highest BCUT2D eigenvalue weighted by molar-refractivity contribution is 9.10. The minimum absolute atomic E-state index is 0.294. The zero-order valence-electron chi connectivity index (χ0n) is 20.2. The molecule has 4 aromatic rings. The molecule has 0 heterocycles. The summed E-state index contributed by atoms with van der Waals surface area (Å²) < 4.78 is 6.57. The number of aryl methyl sites for hydroxylation is 2. The normalized spacial score (nSPS) is 10.5. The molecule has 0 aliphatic rings. The summed E-state index contributed by atoms with van der Waals surface area (Å²) in [6.45, 7) is 4.54. The van der Waals surface area contributed by atoms with Crippen molar-refractivity contribution >= 4 is 39.1 Å². The second kappa shape index (κ2) is 11.7. The Morgan fingerprint density at radius 2 is 1.53 bits per heavy atom. The molecule has 2 N–H and O–H groups in total. The number of hydrogen-bond donors (Lipinski definition) is 2. The Labute approximate surface area is 219 Å². The minimum Gasteiger partial charge on any atom is -0.492 e. The maximum absolute atomic E-state index is 13.0. The summed E-state index contributed by atoms with van der Waals surface area (Å²) in [5, 5.41) is 5.78. The lowest BCUT2D eigenvalue weighted by molar-refractivity contribution is 0.102. The number of anilines is 2. The molecule has 182 valence electrons. The average Bonchev–Trinajstić information content (AvgIpc) is 2.88. The van der Waals surface area contributed by atoms with Crippen molar-refractivity contribution in [2.24, 2.45) is 0 Å². The van der Waals surface area contributed by atoms with E-state index in [9.17, 15) is 9.59 Å². The molecule has 6 heteroatoms. The number of carbonyl (C=O) groups excluding carboxylic acids is 2.